The molecule has 0 saturated heterocycles. The van der Waals surface area contributed by atoms with Gasteiger partial charge in [0.1, 0.15) is 5.82 Å². The molecule has 96 valence electrons. The maximum absolute atomic E-state index is 9.50. The second-order valence-electron chi connectivity index (χ2n) is 4.09. The molecule has 0 bridgehead atoms. The molecule has 1 aromatic rings. The average molecular weight is 238 g/mol. The number of rotatable bonds is 7. The first-order chi connectivity index (χ1) is 8.17. The first-order valence-electron chi connectivity index (χ1n) is 6.16. The standard InChI is InChI=1S/C12H22N4O/c1-4-6-13-12-15-7-9(3)11(16-12)14-8-10(17)5-2/h7,10,17H,4-6,8H2,1-3H3,(H2,13,14,15,16). The SMILES string of the molecule is CCCNc1ncc(C)c(NCC(O)CC)n1. The van der Waals surface area contributed by atoms with Crippen LogP contribution in [-0.4, -0.2) is 34.3 Å². The number of hydrogen-bond acceptors (Lipinski definition) is 5. The van der Waals surface area contributed by atoms with Gasteiger partial charge in [0, 0.05) is 24.8 Å². The topological polar surface area (TPSA) is 70.1 Å². The van der Waals surface area contributed by atoms with Crippen molar-refractivity contribution in [2.45, 2.75) is 39.7 Å². The van der Waals surface area contributed by atoms with E-state index < -0.39 is 0 Å². The van der Waals surface area contributed by atoms with Gasteiger partial charge < -0.3 is 15.7 Å². The minimum atomic E-state index is -0.337. The smallest absolute Gasteiger partial charge is 0.224 e. The van der Waals surface area contributed by atoms with Crippen molar-refractivity contribution in [2.75, 3.05) is 23.7 Å². The Labute approximate surface area is 103 Å². The molecule has 0 saturated carbocycles. The van der Waals surface area contributed by atoms with Crippen molar-refractivity contribution in [2.24, 2.45) is 0 Å². The van der Waals surface area contributed by atoms with Gasteiger partial charge in [-0.1, -0.05) is 13.8 Å². The van der Waals surface area contributed by atoms with E-state index in [9.17, 15) is 5.11 Å². The molecule has 5 heteroatoms. The number of nitrogens with one attached hydrogen (secondary N) is 2. The largest absolute Gasteiger partial charge is 0.391 e. The molecule has 0 spiro atoms. The third-order valence-corrected chi connectivity index (χ3v) is 2.48. The molecule has 0 amide bonds. The molecule has 1 unspecified atom stereocenters. The van der Waals surface area contributed by atoms with Crippen LogP contribution >= 0.6 is 0 Å². The molecule has 3 N–H and O–H groups in total. The van der Waals surface area contributed by atoms with Gasteiger partial charge in [-0.2, -0.15) is 4.98 Å². The molecule has 1 heterocycles. The van der Waals surface area contributed by atoms with Crippen LogP contribution in [0.4, 0.5) is 11.8 Å². The number of aromatic nitrogens is 2. The van der Waals surface area contributed by atoms with Crippen LogP contribution < -0.4 is 10.6 Å². The predicted octanol–water partition coefficient (Wildman–Crippen LogP) is 1.79. The van der Waals surface area contributed by atoms with Crippen molar-refractivity contribution < 1.29 is 5.11 Å². The molecule has 0 fully saturated rings. The van der Waals surface area contributed by atoms with Gasteiger partial charge in [0.15, 0.2) is 0 Å². The zero-order valence-electron chi connectivity index (χ0n) is 10.8. The second kappa shape index (κ2) is 7.06. The van der Waals surface area contributed by atoms with Gasteiger partial charge in [0.25, 0.3) is 0 Å². The van der Waals surface area contributed by atoms with E-state index in [1.165, 1.54) is 0 Å². The molecule has 0 aromatic carbocycles. The van der Waals surface area contributed by atoms with E-state index in [-0.39, 0.29) is 6.10 Å². The lowest BCUT2D eigenvalue weighted by Crippen LogP contribution is -2.19. The Morgan fingerprint density at radius 1 is 1.35 bits per heavy atom. The summed E-state index contributed by atoms with van der Waals surface area (Å²) in [6.45, 7) is 7.37. The molecule has 1 rings (SSSR count). The van der Waals surface area contributed by atoms with E-state index >= 15 is 0 Å². The highest BCUT2D eigenvalue weighted by molar-refractivity contribution is 5.46. The van der Waals surface area contributed by atoms with Crippen molar-refractivity contribution >= 4 is 11.8 Å². The van der Waals surface area contributed by atoms with Crippen molar-refractivity contribution in [3.63, 3.8) is 0 Å². The molecule has 0 aliphatic rings. The zero-order valence-corrected chi connectivity index (χ0v) is 10.8. The lowest BCUT2D eigenvalue weighted by Gasteiger charge is -2.13. The maximum atomic E-state index is 9.50. The monoisotopic (exact) mass is 238 g/mol. The average Bonchev–Trinajstić information content (AvgIpc) is 2.35. The normalized spacial score (nSPS) is 12.2. The molecule has 5 nitrogen and oxygen atoms in total. The zero-order chi connectivity index (χ0) is 12.7. The third kappa shape index (κ3) is 4.56. The molecule has 17 heavy (non-hydrogen) atoms. The summed E-state index contributed by atoms with van der Waals surface area (Å²) >= 11 is 0. The summed E-state index contributed by atoms with van der Waals surface area (Å²) in [5, 5.41) is 15.8. The lowest BCUT2D eigenvalue weighted by atomic mass is 10.2. The number of nitrogens with zero attached hydrogens (tertiary/aromatic N) is 2. The van der Waals surface area contributed by atoms with Crippen molar-refractivity contribution in [1.29, 1.82) is 0 Å². The Morgan fingerprint density at radius 3 is 2.76 bits per heavy atom. The van der Waals surface area contributed by atoms with Crippen LogP contribution in [0.2, 0.25) is 0 Å². The molecule has 0 radical (unpaired) electrons. The van der Waals surface area contributed by atoms with Gasteiger partial charge in [-0.05, 0) is 19.8 Å². The number of hydrogen-bond donors (Lipinski definition) is 3. The molecule has 0 aliphatic heterocycles. The van der Waals surface area contributed by atoms with E-state index in [0.29, 0.717) is 12.5 Å². The van der Waals surface area contributed by atoms with E-state index in [0.717, 1.165) is 30.8 Å². The van der Waals surface area contributed by atoms with Gasteiger partial charge >= 0.3 is 0 Å². The highest BCUT2D eigenvalue weighted by atomic mass is 16.3. The number of aliphatic hydroxyl groups is 1. The molecule has 1 aromatic heterocycles. The van der Waals surface area contributed by atoms with Crippen LogP contribution in [0.3, 0.4) is 0 Å². The van der Waals surface area contributed by atoms with Crippen molar-refractivity contribution in [3.8, 4) is 0 Å². The number of aliphatic hydroxyl groups excluding tert-OH is 1. The highest BCUT2D eigenvalue weighted by Crippen LogP contribution is 2.12. The van der Waals surface area contributed by atoms with Gasteiger partial charge in [0.2, 0.25) is 5.95 Å². The summed E-state index contributed by atoms with van der Waals surface area (Å²) in [4.78, 5) is 8.57. The molecular formula is C12H22N4O. The Kier molecular flexibility index (Phi) is 5.69. The van der Waals surface area contributed by atoms with E-state index in [1.54, 1.807) is 6.20 Å². The first-order valence-corrected chi connectivity index (χ1v) is 6.16. The van der Waals surface area contributed by atoms with E-state index in [2.05, 4.69) is 27.5 Å². The summed E-state index contributed by atoms with van der Waals surface area (Å²) in [7, 11) is 0. The van der Waals surface area contributed by atoms with Crippen LogP contribution in [0, 0.1) is 6.92 Å². The van der Waals surface area contributed by atoms with E-state index in [1.807, 2.05) is 13.8 Å². The fourth-order valence-corrected chi connectivity index (χ4v) is 1.30. The minimum Gasteiger partial charge on any atom is -0.391 e. The summed E-state index contributed by atoms with van der Waals surface area (Å²) in [6, 6.07) is 0. The maximum Gasteiger partial charge on any atom is 0.224 e. The Balaban J connectivity index is 2.62. The fraction of sp³-hybridized carbons (Fsp3) is 0.667. The number of anilines is 2. The van der Waals surface area contributed by atoms with Crippen LogP contribution in [-0.2, 0) is 0 Å². The summed E-state index contributed by atoms with van der Waals surface area (Å²) in [6.07, 6.45) is 3.22. The Morgan fingerprint density at radius 2 is 2.12 bits per heavy atom. The van der Waals surface area contributed by atoms with Gasteiger partial charge in [-0.25, -0.2) is 4.98 Å². The van der Waals surface area contributed by atoms with Crippen molar-refractivity contribution in [3.05, 3.63) is 11.8 Å². The predicted molar refractivity (Wildman–Crippen MR) is 70.3 cm³/mol. The highest BCUT2D eigenvalue weighted by Gasteiger charge is 2.05. The van der Waals surface area contributed by atoms with Gasteiger partial charge in [-0.3, -0.25) is 0 Å². The van der Waals surface area contributed by atoms with Crippen molar-refractivity contribution in [1.82, 2.24) is 9.97 Å². The summed E-state index contributed by atoms with van der Waals surface area (Å²) in [5.41, 5.74) is 0.982. The quantitative estimate of drug-likeness (QED) is 0.675. The Bertz CT molecular complexity index is 343. The van der Waals surface area contributed by atoms with Crippen LogP contribution in [0.5, 0.6) is 0 Å². The third-order valence-electron chi connectivity index (χ3n) is 2.48. The van der Waals surface area contributed by atoms with Gasteiger partial charge in [-0.15, -0.1) is 0 Å². The molecule has 1 atom stereocenters. The van der Waals surface area contributed by atoms with E-state index in [4.69, 9.17) is 0 Å². The molecule has 0 aliphatic carbocycles. The minimum absolute atomic E-state index is 0.337. The first kappa shape index (κ1) is 13.7. The second-order valence-corrected chi connectivity index (χ2v) is 4.09. The number of aryl methyl sites for hydroxylation is 1. The Hall–Kier alpha value is -1.36. The van der Waals surface area contributed by atoms with Crippen LogP contribution in [0.25, 0.3) is 0 Å². The van der Waals surface area contributed by atoms with Crippen LogP contribution in [0.1, 0.15) is 32.3 Å². The fourth-order valence-electron chi connectivity index (χ4n) is 1.30. The van der Waals surface area contributed by atoms with Gasteiger partial charge in [0.05, 0.1) is 6.10 Å². The lowest BCUT2D eigenvalue weighted by molar-refractivity contribution is 0.183. The summed E-state index contributed by atoms with van der Waals surface area (Å²) in [5.74, 6) is 1.41. The van der Waals surface area contributed by atoms with Crippen LogP contribution in [0.15, 0.2) is 6.20 Å². The summed E-state index contributed by atoms with van der Waals surface area (Å²) < 4.78 is 0. The molecular weight excluding hydrogens is 216 g/mol.